The number of rotatable bonds is 2. The molecule has 84 valence electrons. The molecule has 0 aromatic heterocycles. The van der Waals surface area contributed by atoms with E-state index >= 15 is 0 Å². The van der Waals surface area contributed by atoms with Gasteiger partial charge >= 0.3 is 6.09 Å². The number of likely N-dealkylation sites (tertiary alicyclic amines) is 1. The largest absolute Gasteiger partial charge is 0.453 e. The maximum absolute atomic E-state index is 10.8. The molecule has 15 heavy (non-hydrogen) atoms. The van der Waals surface area contributed by atoms with Crippen molar-refractivity contribution >= 4 is 6.09 Å². The number of hydrogen-bond acceptors (Lipinski definition) is 3. The third-order valence-corrected chi connectivity index (χ3v) is 2.34. The van der Waals surface area contributed by atoms with E-state index in [9.17, 15) is 4.79 Å². The SMILES string of the molecule is COC(=O)NC(C)C#CCN1CCCC1. The van der Waals surface area contributed by atoms with Gasteiger partial charge in [-0.05, 0) is 32.9 Å². The van der Waals surface area contributed by atoms with Crippen molar-refractivity contribution in [2.24, 2.45) is 0 Å². The average Bonchev–Trinajstić information content (AvgIpc) is 2.70. The highest BCUT2D eigenvalue weighted by molar-refractivity contribution is 5.67. The van der Waals surface area contributed by atoms with Crippen LogP contribution in [0.5, 0.6) is 0 Å². The third kappa shape index (κ3) is 4.71. The lowest BCUT2D eigenvalue weighted by Crippen LogP contribution is -2.31. The van der Waals surface area contributed by atoms with Gasteiger partial charge in [0, 0.05) is 0 Å². The molecule has 1 N–H and O–H groups in total. The summed E-state index contributed by atoms with van der Waals surface area (Å²) in [7, 11) is 1.35. The number of carbonyl (C=O) groups excluding carboxylic acids is 1. The molecule has 1 aliphatic rings. The molecule has 4 nitrogen and oxygen atoms in total. The normalized spacial score (nSPS) is 17.7. The first-order valence-electron chi connectivity index (χ1n) is 5.27. The standard InChI is InChI=1S/C11H18N2O2/c1-10(12-11(14)15-2)6-5-9-13-7-3-4-8-13/h10H,3-4,7-9H2,1-2H3,(H,12,14). The molecular weight excluding hydrogens is 192 g/mol. The van der Waals surface area contributed by atoms with Gasteiger partial charge in [0.2, 0.25) is 0 Å². The lowest BCUT2D eigenvalue weighted by Gasteiger charge is -2.09. The molecule has 1 atom stereocenters. The minimum Gasteiger partial charge on any atom is -0.453 e. The van der Waals surface area contributed by atoms with E-state index in [1.54, 1.807) is 0 Å². The van der Waals surface area contributed by atoms with Gasteiger partial charge in [0.1, 0.15) is 0 Å². The van der Waals surface area contributed by atoms with E-state index in [0.29, 0.717) is 0 Å². The minimum atomic E-state index is -0.432. The Bertz CT molecular complexity index is 261. The van der Waals surface area contributed by atoms with Crippen LogP contribution in [0.1, 0.15) is 19.8 Å². The summed E-state index contributed by atoms with van der Waals surface area (Å²) in [5.41, 5.74) is 0. The molecule has 1 heterocycles. The number of nitrogens with zero attached hydrogens (tertiary/aromatic N) is 1. The van der Waals surface area contributed by atoms with E-state index in [4.69, 9.17) is 0 Å². The lowest BCUT2D eigenvalue weighted by molar-refractivity contribution is 0.169. The Kier molecular flexibility index (Phi) is 4.99. The number of alkyl carbamates (subject to hydrolysis) is 1. The fourth-order valence-corrected chi connectivity index (χ4v) is 1.52. The van der Waals surface area contributed by atoms with E-state index in [-0.39, 0.29) is 6.04 Å². The van der Waals surface area contributed by atoms with Gasteiger partial charge in [-0.1, -0.05) is 11.8 Å². The fraction of sp³-hybridized carbons (Fsp3) is 0.727. The van der Waals surface area contributed by atoms with Crippen LogP contribution in [0.3, 0.4) is 0 Å². The first-order valence-corrected chi connectivity index (χ1v) is 5.27. The van der Waals surface area contributed by atoms with Crippen molar-refractivity contribution in [1.82, 2.24) is 10.2 Å². The van der Waals surface area contributed by atoms with Crippen LogP contribution in [0.15, 0.2) is 0 Å². The Morgan fingerprint density at radius 2 is 2.20 bits per heavy atom. The summed E-state index contributed by atoms with van der Waals surface area (Å²) in [4.78, 5) is 13.1. The summed E-state index contributed by atoms with van der Waals surface area (Å²) in [6, 6.07) is -0.153. The van der Waals surface area contributed by atoms with E-state index in [0.717, 1.165) is 19.6 Å². The second-order valence-electron chi connectivity index (χ2n) is 3.66. The Labute approximate surface area is 91.0 Å². The van der Waals surface area contributed by atoms with Gasteiger partial charge in [0.25, 0.3) is 0 Å². The Balaban J connectivity index is 2.21. The molecule has 1 amide bonds. The topological polar surface area (TPSA) is 41.6 Å². The van der Waals surface area contributed by atoms with Crippen molar-refractivity contribution in [2.45, 2.75) is 25.8 Å². The predicted molar refractivity (Wildman–Crippen MR) is 58.5 cm³/mol. The maximum Gasteiger partial charge on any atom is 0.407 e. The molecular formula is C11H18N2O2. The predicted octanol–water partition coefficient (Wildman–Crippen LogP) is 0.830. The summed E-state index contributed by atoms with van der Waals surface area (Å²) in [5, 5.41) is 2.60. The Morgan fingerprint density at radius 3 is 2.80 bits per heavy atom. The van der Waals surface area contributed by atoms with E-state index < -0.39 is 6.09 Å². The monoisotopic (exact) mass is 210 g/mol. The zero-order valence-corrected chi connectivity index (χ0v) is 9.38. The van der Waals surface area contributed by atoms with Gasteiger partial charge in [-0.3, -0.25) is 4.90 Å². The molecule has 0 aliphatic carbocycles. The fourth-order valence-electron chi connectivity index (χ4n) is 1.52. The first kappa shape index (κ1) is 11.9. The van der Waals surface area contributed by atoms with Crippen molar-refractivity contribution < 1.29 is 9.53 Å². The quantitative estimate of drug-likeness (QED) is 0.686. The van der Waals surface area contributed by atoms with Crippen LogP contribution in [-0.4, -0.2) is 43.8 Å². The minimum absolute atomic E-state index is 0.153. The maximum atomic E-state index is 10.8. The molecule has 1 unspecified atom stereocenters. The van der Waals surface area contributed by atoms with Crippen LogP contribution in [-0.2, 0) is 4.74 Å². The molecule has 0 saturated carbocycles. The number of nitrogens with one attached hydrogen (secondary N) is 1. The Morgan fingerprint density at radius 1 is 1.53 bits per heavy atom. The summed E-state index contributed by atoms with van der Waals surface area (Å²) >= 11 is 0. The first-order chi connectivity index (χ1) is 7.22. The highest BCUT2D eigenvalue weighted by atomic mass is 16.5. The highest BCUT2D eigenvalue weighted by Crippen LogP contribution is 2.05. The molecule has 0 spiro atoms. The number of methoxy groups -OCH3 is 1. The lowest BCUT2D eigenvalue weighted by atomic mass is 10.3. The molecule has 1 saturated heterocycles. The number of hydrogen-bond donors (Lipinski definition) is 1. The number of ether oxygens (including phenoxy) is 1. The molecule has 0 radical (unpaired) electrons. The second-order valence-corrected chi connectivity index (χ2v) is 3.66. The third-order valence-electron chi connectivity index (χ3n) is 2.34. The number of carbonyl (C=O) groups is 1. The average molecular weight is 210 g/mol. The van der Waals surface area contributed by atoms with Gasteiger partial charge in [-0.25, -0.2) is 4.79 Å². The van der Waals surface area contributed by atoms with E-state index in [2.05, 4.69) is 26.8 Å². The van der Waals surface area contributed by atoms with Gasteiger partial charge < -0.3 is 10.1 Å². The van der Waals surface area contributed by atoms with Crippen molar-refractivity contribution in [3.05, 3.63) is 0 Å². The molecule has 1 fully saturated rings. The summed E-state index contributed by atoms with van der Waals surface area (Å²) in [6.45, 7) is 4.93. The van der Waals surface area contributed by atoms with Gasteiger partial charge in [-0.15, -0.1) is 0 Å². The zero-order valence-electron chi connectivity index (χ0n) is 9.38. The van der Waals surface area contributed by atoms with Crippen molar-refractivity contribution in [2.75, 3.05) is 26.7 Å². The second kappa shape index (κ2) is 6.31. The van der Waals surface area contributed by atoms with E-state index in [1.165, 1.54) is 20.0 Å². The highest BCUT2D eigenvalue weighted by Gasteiger charge is 2.09. The van der Waals surface area contributed by atoms with Crippen molar-refractivity contribution in [1.29, 1.82) is 0 Å². The molecule has 0 bridgehead atoms. The van der Waals surface area contributed by atoms with Crippen molar-refractivity contribution in [3.63, 3.8) is 0 Å². The van der Waals surface area contributed by atoms with Crippen LogP contribution in [0.25, 0.3) is 0 Å². The zero-order chi connectivity index (χ0) is 11.1. The summed E-state index contributed by atoms with van der Waals surface area (Å²) in [5.74, 6) is 6.03. The number of amides is 1. The van der Waals surface area contributed by atoms with Gasteiger partial charge in [-0.2, -0.15) is 0 Å². The van der Waals surface area contributed by atoms with Crippen molar-refractivity contribution in [3.8, 4) is 11.8 Å². The van der Waals surface area contributed by atoms with Crippen LogP contribution in [0.4, 0.5) is 4.79 Å². The molecule has 4 heteroatoms. The van der Waals surface area contributed by atoms with Crippen LogP contribution in [0.2, 0.25) is 0 Å². The van der Waals surface area contributed by atoms with E-state index in [1.807, 2.05) is 6.92 Å². The van der Waals surface area contributed by atoms with Gasteiger partial charge in [0.05, 0.1) is 19.7 Å². The Hall–Kier alpha value is -1.21. The van der Waals surface area contributed by atoms with Crippen LogP contribution >= 0.6 is 0 Å². The molecule has 0 aromatic carbocycles. The molecule has 1 aliphatic heterocycles. The molecule has 0 aromatic rings. The van der Waals surface area contributed by atoms with Crippen LogP contribution < -0.4 is 5.32 Å². The van der Waals surface area contributed by atoms with Gasteiger partial charge in [0.15, 0.2) is 0 Å². The molecule has 1 rings (SSSR count). The summed E-state index contributed by atoms with van der Waals surface area (Å²) in [6.07, 6.45) is 2.12. The summed E-state index contributed by atoms with van der Waals surface area (Å²) < 4.78 is 4.47. The van der Waals surface area contributed by atoms with Crippen LogP contribution in [0, 0.1) is 11.8 Å². The smallest absolute Gasteiger partial charge is 0.407 e.